The lowest BCUT2D eigenvalue weighted by Gasteiger charge is -2.35. The molecule has 0 bridgehead atoms. The van der Waals surface area contributed by atoms with E-state index in [0.29, 0.717) is 6.42 Å². The molecule has 1 fully saturated rings. The number of unbranched alkanes of at least 4 members (excludes halogenated alkanes) is 1. The Morgan fingerprint density at radius 2 is 1.47 bits per heavy atom. The van der Waals surface area contributed by atoms with Crippen LogP contribution in [0.3, 0.4) is 0 Å². The van der Waals surface area contributed by atoms with Crippen LogP contribution in [0, 0.1) is 11.8 Å². The molecule has 1 rings (SSSR count). The lowest BCUT2D eigenvalue weighted by Crippen LogP contribution is -2.57. The predicted molar refractivity (Wildman–Crippen MR) is 108 cm³/mol. The van der Waals surface area contributed by atoms with Crippen molar-refractivity contribution in [2.24, 2.45) is 11.8 Å². The summed E-state index contributed by atoms with van der Waals surface area (Å²) in [6, 6.07) is 0. The smallest absolute Gasteiger partial charge is 0.380 e. The highest BCUT2D eigenvalue weighted by Crippen LogP contribution is 2.62. The molecule has 1 saturated carbocycles. The van der Waals surface area contributed by atoms with Crippen molar-refractivity contribution >= 4 is 0 Å². The quantitative estimate of drug-likeness (QED) is 0.305. The zero-order valence-corrected chi connectivity index (χ0v) is 20.1. The van der Waals surface area contributed by atoms with E-state index in [9.17, 15) is 54.1 Å². The Balaban J connectivity index is 0.000000641. The van der Waals surface area contributed by atoms with Crippen molar-refractivity contribution in [1.82, 2.24) is 0 Å². The van der Waals surface area contributed by atoms with Gasteiger partial charge >= 0.3 is 12.4 Å². The molecule has 0 aliphatic heterocycles. The second kappa shape index (κ2) is 11.5. The average Bonchev–Trinajstić information content (AvgIpc) is 2.86. The largest absolute Gasteiger partial charge is 0.423 e. The number of halogens is 10. The van der Waals surface area contributed by atoms with Crippen molar-refractivity contribution in [2.45, 2.75) is 127 Å². The van der Waals surface area contributed by atoms with Crippen LogP contribution in [0.5, 0.6) is 0 Å². The fraction of sp³-hybridized carbons (Fsp3) is 1.00. The number of rotatable bonds is 9. The summed E-state index contributed by atoms with van der Waals surface area (Å²) in [7, 11) is 0. The van der Waals surface area contributed by atoms with E-state index in [2.05, 4.69) is 0 Å². The van der Waals surface area contributed by atoms with E-state index in [4.69, 9.17) is 0 Å². The molecular weight excluding hydrogens is 486 g/mol. The first-order chi connectivity index (χ1) is 15.1. The maximum atomic E-state index is 14.1. The Morgan fingerprint density at radius 1 is 0.971 bits per heavy atom. The van der Waals surface area contributed by atoms with Crippen LogP contribution in [0.1, 0.15) is 86.0 Å². The highest BCUT2D eigenvalue weighted by Gasteiger charge is 2.80. The molecule has 0 heterocycles. The Labute approximate surface area is 194 Å². The molecule has 0 radical (unpaired) electrons. The van der Waals surface area contributed by atoms with E-state index in [1.54, 1.807) is 6.92 Å². The molecule has 6 atom stereocenters. The topological polar surface area (TPSA) is 40.5 Å². The molecule has 34 heavy (non-hydrogen) atoms. The SMILES string of the molecule is CCC1C(F)(CC)CC(O)(C(F)(F)F)C1(F)F.CCCCC(CC(F)CC)C(C)(O)C(F)(F)F. The lowest BCUT2D eigenvalue weighted by atomic mass is 9.80. The van der Waals surface area contributed by atoms with Gasteiger partial charge in [0.2, 0.25) is 5.60 Å². The average molecular weight is 523 g/mol. The summed E-state index contributed by atoms with van der Waals surface area (Å²) in [6.45, 7) is 6.57. The molecule has 0 aromatic rings. The third kappa shape index (κ3) is 6.70. The zero-order valence-electron chi connectivity index (χ0n) is 20.1. The lowest BCUT2D eigenvalue weighted by molar-refractivity contribution is -0.326. The van der Waals surface area contributed by atoms with Crippen LogP contribution in [0.25, 0.3) is 0 Å². The van der Waals surface area contributed by atoms with Crippen LogP contribution in [0.4, 0.5) is 43.9 Å². The third-order valence-electron chi connectivity index (χ3n) is 6.89. The summed E-state index contributed by atoms with van der Waals surface area (Å²) in [6.07, 6.45) is -12.7. The minimum Gasteiger partial charge on any atom is -0.380 e. The fourth-order valence-electron chi connectivity index (χ4n) is 4.35. The molecule has 12 heteroatoms. The summed E-state index contributed by atoms with van der Waals surface area (Å²) in [5.41, 5.74) is -9.77. The number of aliphatic hydroxyl groups is 2. The Kier molecular flexibility index (Phi) is 11.3. The minimum absolute atomic E-state index is 0.177. The van der Waals surface area contributed by atoms with E-state index in [1.165, 1.54) is 13.8 Å². The molecule has 0 amide bonds. The van der Waals surface area contributed by atoms with Gasteiger partial charge in [-0.15, -0.1) is 0 Å². The second-order valence-corrected chi connectivity index (χ2v) is 9.23. The third-order valence-corrected chi connectivity index (χ3v) is 6.89. The Bertz CT molecular complexity index is 620. The second-order valence-electron chi connectivity index (χ2n) is 9.23. The minimum atomic E-state index is -5.55. The molecule has 0 saturated heterocycles. The van der Waals surface area contributed by atoms with Gasteiger partial charge in [0, 0.05) is 6.42 Å². The van der Waals surface area contributed by atoms with Crippen molar-refractivity contribution in [3.8, 4) is 0 Å². The summed E-state index contributed by atoms with van der Waals surface area (Å²) >= 11 is 0. The standard InChI is InChI=1S/C12H22F4O.C10H14F6O/c1-4-6-7-9(8-10(13)5-2)11(3,17)12(14,15)16;1-3-6-7(11,4-2)5-8(17,9(6,12)13)10(14,15)16/h9-10,17H,4-8H2,1-3H3;6,17H,3-5H2,1-2H3. The normalized spacial score (nSPS) is 30.8. The van der Waals surface area contributed by atoms with Gasteiger partial charge < -0.3 is 10.2 Å². The molecule has 6 unspecified atom stereocenters. The van der Waals surface area contributed by atoms with Crippen molar-refractivity contribution in [3.63, 3.8) is 0 Å². The van der Waals surface area contributed by atoms with Gasteiger partial charge in [-0.3, -0.25) is 0 Å². The number of hydrogen-bond donors (Lipinski definition) is 2. The van der Waals surface area contributed by atoms with Crippen LogP contribution in [-0.4, -0.2) is 51.5 Å². The molecular formula is C22H36F10O2. The van der Waals surface area contributed by atoms with Gasteiger partial charge in [-0.2, -0.15) is 26.3 Å². The summed E-state index contributed by atoms with van der Waals surface area (Å²) < 4.78 is 130. The maximum absolute atomic E-state index is 14.1. The van der Waals surface area contributed by atoms with Gasteiger partial charge in [0.15, 0.2) is 5.60 Å². The van der Waals surface area contributed by atoms with Crippen LogP contribution in [-0.2, 0) is 0 Å². The van der Waals surface area contributed by atoms with E-state index in [0.717, 1.165) is 13.3 Å². The maximum Gasteiger partial charge on any atom is 0.423 e. The first-order valence-electron chi connectivity index (χ1n) is 11.4. The van der Waals surface area contributed by atoms with Gasteiger partial charge in [-0.1, -0.05) is 40.5 Å². The summed E-state index contributed by atoms with van der Waals surface area (Å²) in [5, 5.41) is 18.8. The monoisotopic (exact) mass is 522 g/mol. The molecule has 1 aliphatic rings. The van der Waals surface area contributed by atoms with E-state index in [1.807, 2.05) is 6.92 Å². The van der Waals surface area contributed by atoms with Crippen LogP contribution in [0.15, 0.2) is 0 Å². The Hall–Kier alpha value is -0.780. The fourth-order valence-corrected chi connectivity index (χ4v) is 4.35. The van der Waals surface area contributed by atoms with Crippen LogP contribution < -0.4 is 0 Å². The van der Waals surface area contributed by atoms with Gasteiger partial charge in [0.25, 0.3) is 5.92 Å². The summed E-state index contributed by atoms with van der Waals surface area (Å²) in [5.74, 6) is -7.70. The highest BCUT2D eigenvalue weighted by molar-refractivity contribution is 5.17. The van der Waals surface area contributed by atoms with Crippen LogP contribution >= 0.6 is 0 Å². The molecule has 0 aromatic carbocycles. The van der Waals surface area contributed by atoms with Gasteiger partial charge in [-0.05, 0) is 44.9 Å². The van der Waals surface area contributed by atoms with E-state index < -0.39 is 72.4 Å². The van der Waals surface area contributed by atoms with Crippen LogP contribution in [0.2, 0.25) is 0 Å². The first kappa shape index (κ1) is 33.2. The van der Waals surface area contributed by atoms with Crippen molar-refractivity contribution in [1.29, 1.82) is 0 Å². The number of alkyl halides is 10. The highest BCUT2D eigenvalue weighted by atomic mass is 19.4. The molecule has 2 nitrogen and oxygen atoms in total. The van der Waals surface area contributed by atoms with Crippen molar-refractivity contribution < 1.29 is 54.1 Å². The van der Waals surface area contributed by atoms with Gasteiger partial charge in [0.1, 0.15) is 11.8 Å². The zero-order chi connectivity index (χ0) is 27.4. The van der Waals surface area contributed by atoms with Crippen molar-refractivity contribution in [3.05, 3.63) is 0 Å². The molecule has 206 valence electrons. The van der Waals surface area contributed by atoms with Gasteiger partial charge in [0.05, 0.1) is 5.92 Å². The molecule has 0 aromatic heterocycles. The molecule has 1 aliphatic carbocycles. The number of hydrogen-bond acceptors (Lipinski definition) is 2. The molecule has 0 spiro atoms. The molecule has 2 N–H and O–H groups in total. The Morgan fingerprint density at radius 3 is 1.76 bits per heavy atom. The van der Waals surface area contributed by atoms with E-state index in [-0.39, 0.29) is 19.3 Å². The first-order valence-corrected chi connectivity index (χ1v) is 11.4. The van der Waals surface area contributed by atoms with Crippen molar-refractivity contribution in [2.75, 3.05) is 0 Å². The van der Waals surface area contributed by atoms with E-state index >= 15 is 0 Å². The van der Waals surface area contributed by atoms with Gasteiger partial charge in [-0.25, -0.2) is 17.6 Å². The summed E-state index contributed by atoms with van der Waals surface area (Å²) in [4.78, 5) is 0. The predicted octanol–water partition coefficient (Wildman–Crippen LogP) is 7.71.